The maximum atomic E-state index is 12.2. The molecule has 0 aliphatic rings. The maximum absolute atomic E-state index is 12.2. The fourth-order valence-electron chi connectivity index (χ4n) is 2.64. The average molecular weight is 401 g/mol. The number of hydrogen-bond acceptors (Lipinski definition) is 7. The summed E-state index contributed by atoms with van der Waals surface area (Å²) >= 11 is 1.22. The topological polar surface area (TPSA) is 82.8 Å². The van der Waals surface area contributed by atoms with Crippen LogP contribution >= 0.6 is 11.3 Å². The van der Waals surface area contributed by atoms with E-state index in [9.17, 15) is 9.59 Å². The van der Waals surface area contributed by atoms with E-state index in [1.165, 1.54) is 34.8 Å². The molecule has 0 saturated carbocycles. The summed E-state index contributed by atoms with van der Waals surface area (Å²) in [6.07, 6.45) is 4.60. The second kappa shape index (κ2) is 9.45. The summed E-state index contributed by atoms with van der Waals surface area (Å²) in [6, 6.07) is 8.30. The molecule has 0 aliphatic heterocycles. The van der Waals surface area contributed by atoms with Crippen LogP contribution in [0.15, 0.2) is 35.1 Å². The van der Waals surface area contributed by atoms with E-state index in [2.05, 4.69) is 17.0 Å². The van der Waals surface area contributed by atoms with Crippen LogP contribution in [0.5, 0.6) is 5.75 Å². The summed E-state index contributed by atoms with van der Waals surface area (Å²) in [5.41, 5.74) is 0.817. The summed E-state index contributed by atoms with van der Waals surface area (Å²) in [7, 11) is 0. The van der Waals surface area contributed by atoms with Crippen molar-refractivity contribution < 1.29 is 14.3 Å². The van der Waals surface area contributed by atoms with Gasteiger partial charge in [0, 0.05) is 11.8 Å². The maximum Gasteiger partial charge on any atom is 0.338 e. The van der Waals surface area contributed by atoms with Crippen LogP contribution in [0.3, 0.4) is 0 Å². The van der Waals surface area contributed by atoms with Crippen LogP contribution in [0.1, 0.15) is 53.7 Å². The Bertz CT molecular complexity index is 995. The van der Waals surface area contributed by atoms with Gasteiger partial charge in [0.1, 0.15) is 12.4 Å². The molecule has 0 N–H and O–H groups in total. The number of hydrogen-bond donors (Lipinski definition) is 0. The number of nitrogens with zero attached hydrogens (tertiary/aromatic N) is 3. The summed E-state index contributed by atoms with van der Waals surface area (Å²) in [4.78, 5) is 28.8. The predicted octanol–water partition coefficient (Wildman–Crippen LogP) is 3.78. The molecule has 28 heavy (non-hydrogen) atoms. The Balaban J connectivity index is 1.53. The number of rotatable bonds is 9. The van der Waals surface area contributed by atoms with Gasteiger partial charge in [-0.1, -0.05) is 37.5 Å². The molecule has 1 aromatic carbocycles. The Labute approximate surface area is 166 Å². The van der Waals surface area contributed by atoms with Gasteiger partial charge in [-0.3, -0.25) is 4.79 Å². The average Bonchev–Trinajstić information content (AvgIpc) is 3.10. The number of ether oxygens (including phenoxy) is 2. The Kier molecular flexibility index (Phi) is 6.76. The first-order chi connectivity index (χ1) is 13.6. The smallest absolute Gasteiger partial charge is 0.338 e. The van der Waals surface area contributed by atoms with Crippen LogP contribution in [-0.2, 0) is 11.3 Å². The molecule has 0 aliphatic carbocycles. The molecular weight excluding hydrogens is 378 g/mol. The molecule has 148 valence electrons. The van der Waals surface area contributed by atoms with Gasteiger partial charge in [-0.05, 0) is 37.6 Å². The zero-order chi connectivity index (χ0) is 19.9. The SMILES string of the molecule is CCCCCCOc1ccc(C(=O)OCc2nn3c(=O)cc(C)nc3s2)cc1. The van der Waals surface area contributed by atoms with E-state index in [1.54, 1.807) is 31.2 Å². The van der Waals surface area contributed by atoms with Crippen molar-refractivity contribution in [2.24, 2.45) is 0 Å². The molecule has 7 nitrogen and oxygen atoms in total. The minimum Gasteiger partial charge on any atom is -0.494 e. The molecule has 0 saturated heterocycles. The van der Waals surface area contributed by atoms with Crippen molar-refractivity contribution >= 4 is 22.3 Å². The highest BCUT2D eigenvalue weighted by Crippen LogP contribution is 2.16. The molecule has 0 fully saturated rings. The highest BCUT2D eigenvalue weighted by atomic mass is 32.1. The summed E-state index contributed by atoms with van der Waals surface area (Å²) in [6.45, 7) is 4.59. The summed E-state index contributed by atoms with van der Waals surface area (Å²) < 4.78 is 12.2. The first kappa shape index (κ1) is 20.0. The number of unbranched alkanes of at least 4 members (excludes halogenated alkanes) is 3. The molecule has 8 heteroatoms. The van der Waals surface area contributed by atoms with Gasteiger partial charge in [-0.2, -0.15) is 9.61 Å². The van der Waals surface area contributed by atoms with Gasteiger partial charge in [0.2, 0.25) is 4.96 Å². The van der Waals surface area contributed by atoms with Crippen LogP contribution in [0.2, 0.25) is 0 Å². The quantitative estimate of drug-likeness (QED) is 0.401. The Morgan fingerprint density at radius 3 is 2.71 bits per heavy atom. The number of aromatic nitrogens is 3. The Morgan fingerprint density at radius 2 is 1.96 bits per heavy atom. The lowest BCUT2D eigenvalue weighted by atomic mass is 10.2. The summed E-state index contributed by atoms with van der Waals surface area (Å²) in [5.74, 6) is 0.283. The van der Waals surface area contributed by atoms with E-state index in [1.807, 2.05) is 0 Å². The molecule has 0 amide bonds. The number of fused-ring (bicyclic) bond motifs is 1. The molecule has 2 heterocycles. The number of aryl methyl sites for hydroxylation is 1. The van der Waals surface area contributed by atoms with Crippen molar-refractivity contribution in [3.63, 3.8) is 0 Å². The number of carbonyl (C=O) groups is 1. The van der Waals surface area contributed by atoms with Crippen molar-refractivity contribution in [3.8, 4) is 5.75 Å². The highest BCUT2D eigenvalue weighted by Gasteiger charge is 2.12. The van der Waals surface area contributed by atoms with Crippen molar-refractivity contribution in [1.29, 1.82) is 0 Å². The van der Waals surface area contributed by atoms with Crippen molar-refractivity contribution in [3.05, 3.63) is 57.0 Å². The largest absolute Gasteiger partial charge is 0.494 e. The third-order valence-corrected chi connectivity index (χ3v) is 4.98. The molecule has 3 rings (SSSR count). The number of carbonyl (C=O) groups excluding carboxylic acids is 1. The lowest BCUT2D eigenvalue weighted by Crippen LogP contribution is -2.14. The third-order valence-electron chi connectivity index (χ3n) is 4.10. The van der Waals surface area contributed by atoms with Gasteiger partial charge in [-0.15, -0.1) is 0 Å². The van der Waals surface area contributed by atoms with E-state index < -0.39 is 5.97 Å². The van der Waals surface area contributed by atoms with E-state index >= 15 is 0 Å². The molecule has 0 bridgehead atoms. The molecule has 0 atom stereocenters. The van der Waals surface area contributed by atoms with Gasteiger partial charge >= 0.3 is 5.97 Å². The highest BCUT2D eigenvalue weighted by molar-refractivity contribution is 7.16. The monoisotopic (exact) mass is 401 g/mol. The van der Waals surface area contributed by atoms with Crippen LogP contribution in [-0.4, -0.2) is 27.2 Å². The van der Waals surface area contributed by atoms with Crippen molar-refractivity contribution in [2.45, 2.75) is 46.1 Å². The van der Waals surface area contributed by atoms with Gasteiger partial charge < -0.3 is 9.47 Å². The molecule has 0 unspecified atom stereocenters. The van der Waals surface area contributed by atoms with Gasteiger partial charge in [0.25, 0.3) is 5.56 Å². The number of esters is 1. The van der Waals surface area contributed by atoms with Gasteiger partial charge in [-0.25, -0.2) is 9.78 Å². The second-order valence-electron chi connectivity index (χ2n) is 6.44. The normalized spacial score (nSPS) is 10.9. The van der Waals surface area contributed by atoms with Crippen LogP contribution < -0.4 is 10.3 Å². The van der Waals surface area contributed by atoms with Gasteiger partial charge in [0.05, 0.1) is 12.2 Å². The fourth-order valence-corrected chi connectivity index (χ4v) is 3.49. The first-order valence-electron chi connectivity index (χ1n) is 9.33. The molecule has 2 aromatic heterocycles. The summed E-state index contributed by atoms with van der Waals surface area (Å²) in [5, 5.41) is 4.66. The van der Waals surface area contributed by atoms with E-state index in [0.29, 0.717) is 27.8 Å². The second-order valence-corrected chi connectivity index (χ2v) is 7.48. The zero-order valence-electron chi connectivity index (χ0n) is 16.0. The van der Waals surface area contributed by atoms with Gasteiger partial charge in [0.15, 0.2) is 5.01 Å². The van der Waals surface area contributed by atoms with Crippen molar-refractivity contribution in [2.75, 3.05) is 6.61 Å². The lowest BCUT2D eigenvalue weighted by molar-refractivity contribution is 0.0471. The molecular formula is C20H23N3O4S. The molecule has 0 radical (unpaired) electrons. The van der Waals surface area contributed by atoms with Crippen LogP contribution in [0, 0.1) is 6.92 Å². The van der Waals surface area contributed by atoms with Crippen LogP contribution in [0.4, 0.5) is 0 Å². The molecule has 0 spiro atoms. The van der Waals surface area contributed by atoms with E-state index in [4.69, 9.17) is 9.47 Å². The standard InChI is InChI=1S/C20H23N3O4S/c1-3-4-5-6-11-26-16-9-7-15(8-10-16)19(25)27-13-17-22-23-18(24)12-14(2)21-20(23)28-17/h7-10,12H,3-6,11,13H2,1-2H3. The Morgan fingerprint density at radius 1 is 1.18 bits per heavy atom. The van der Waals surface area contributed by atoms with E-state index in [-0.39, 0.29) is 12.2 Å². The zero-order valence-corrected chi connectivity index (χ0v) is 16.8. The lowest BCUT2D eigenvalue weighted by Gasteiger charge is -2.07. The van der Waals surface area contributed by atoms with E-state index in [0.717, 1.165) is 18.6 Å². The van der Waals surface area contributed by atoms with Crippen molar-refractivity contribution in [1.82, 2.24) is 14.6 Å². The minimum absolute atomic E-state index is 0.0129. The molecule has 3 aromatic rings. The third kappa shape index (κ3) is 5.16. The van der Waals surface area contributed by atoms with Crippen LogP contribution in [0.25, 0.3) is 4.96 Å². The first-order valence-corrected chi connectivity index (χ1v) is 10.1. The number of benzene rings is 1. The predicted molar refractivity (Wildman–Crippen MR) is 107 cm³/mol. The Hall–Kier alpha value is -2.74. The minimum atomic E-state index is -0.453. The fraction of sp³-hybridized carbons (Fsp3) is 0.400.